The highest BCUT2D eigenvalue weighted by Gasteiger charge is 2.27. The number of hydrogen-bond acceptors (Lipinski definition) is 4. The fourth-order valence-corrected chi connectivity index (χ4v) is 3.57. The van der Waals surface area contributed by atoms with Crippen molar-refractivity contribution >= 4 is 23.2 Å². The van der Waals surface area contributed by atoms with Crippen LogP contribution < -0.4 is 10.6 Å². The molecule has 2 amide bonds. The standard InChI is InChI=1S/C18H20FN3O2S/c19-15-3-1-2-13(10-15)16-11-20-7-8-22(16)17(23)4-6-21-18(24)14-5-9-25-12-14/h1-3,5,9-10,12,16,20H,4,6-8,11H2,(H,21,24). The zero-order valence-electron chi connectivity index (χ0n) is 13.7. The lowest BCUT2D eigenvalue weighted by atomic mass is 10.0. The monoisotopic (exact) mass is 361 g/mol. The zero-order valence-corrected chi connectivity index (χ0v) is 14.5. The summed E-state index contributed by atoms with van der Waals surface area (Å²) < 4.78 is 13.5. The third-order valence-corrected chi connectivity index (χ3v) is 4.89. The number of benzene rings is 1. The second kappa shape index (κ2) is 8.22. The molecule has 0 spiro atoms. The van der Waals surface area contributed by atoms with E-state index < -0.39 is 0 Å². The molecule has 1 aromatic carbocycles. The molecular weight excluding hydrogens is 341 g/mol. The maximum Gasteiger partial charge on any atom is 0.252 e. The van der Waals surface area contributed by atoms with Crippen molar-refractivity contribution in [1.82, 2.24) is 15.5 Å². The van der Waals surface area contributed by atoms with Gasteiger partial charge in [0.25, 0.3) is 5.91 Å². The van der Waals surface area contributed by atoms with Crippen LogP contribution in [0.3, 0.4) is 0 Å². The van der Waals surface area contributed by atoms with Crippen molar-refractivity contribution in [2.24, 2.45) is 0 Å². The van der Waals surface area contributed by atoms with Crippen molar-refractivity contribution in [3.63, 3.8) is 0 Å². The number of rotatable bonds is 5. The summed E-state index contributed by atoms with van der Waals surface area (Å²) in [6, 6.07) is 7.91. The van der Waals surface area contributed by atoms with E-state index in [-0.39, 0.29) is 36.6 Å². The normalized spacial score (nSPS) is 17.3. The maximum atomic E-state index is 13.5. The first kappa shape index (κ1) is 17.6. The Balaban J connectivity index is 1.58. The molecule has 1 aliphatic heterocycles. The SMILES string of the molecule is O=C(NCCC(=O)N1CCNCC1c1cccc(F)c1)c1ccsc1. The molecule has 2 aromatic rings. The van der Waals surface area contributed by atoms with Crippen molar-refractivity contribution in [3.8, 4) is 0 Å². The molecule has 2 N–H and O–H groups in total. The van der Waals surface area contributed by atoms with Gasteiger partial charge in [-0.25, -0.2) is 4.39 Å². The fraction of sp³-hybridized carbons (Fsp3) is 0.333. The van der Waals surface area contributed by atoms with Crippen molar-refractivity contribution in [3.05, 3.63) is 58.0 Å². The first-order valence-corrected chi connectivity index (χ1v) is 9.15. The molecule has 25 heavy (non-hydrogen) atoms. The van der Waals surface area contributed by atoms with Gasteiger partial charge in [-0.05, 0) is 29.1 Å². The fourth-order valence-electron chi connectivity index (χ4n) is 2.94. The van der Waals surface area contributed by atoms with Crippen LogP contribution >= 0.6 is 11.3 Å². The molecule has 5 nitrogen and oxygen atoms in total. The van der Waals surface area contributed by atoms with Crippen molar-refractivity contribution in [1.29, 1.82) is 0 Å². The average Bonchev–Trinajstić information content (AvgIpc) is 3.16. The van der Waals surface area contributed by atoms with Gasteiger partial charge in [-0.15, -0.1) is 0 Å². The Hall–Kier alpha value is -2.25. The van der Waals surface area contributed by atoms with E-state index in [2.05, 4.69) is 10.6 Å². The van der Waals surface area contributed by atoms with Crippen LogP contribution in [0.5, 0.6) is 0 Å². The van der Waals surface area contributed by atoms with Crippen LogP contribution in [0.15, 0.2) is 41.1 Å². The third-order valence-electron chi connectivity index (χ3n) is 4.20. The van der Waals surface area contributed by atoms with Crippen LogP contribution in [0.4, 0.5) is 4.39 Å². The molecule has 1 unspecified atom stereocenters. The number of amides is 2. The number of nitrogens with zero attached hydrogens (tertiary/aromatic N) is 1. The van der Waals surface area contributed by atoms with Gasteiger partial charge in [-0.1, -0.05) is 12.1 Å². The van der Waals surface area contributed by atoms with Gasteiger partial charge in [-0.2, -0.15) is 11.3 Å². The van der Waals surface area contributed by atoms with Crippen LogP contribution in [0.1, 0.15) is 28.4 Å². The number of halogens is 1. The molecule has 3 rings (SSSR count). The van der Waals surface area contributed by atoms with Gasteiger partial charge >= 0.3 is 0 Å². The smallest absolute Gasteiger partial charge is 0.252 e. The molecule has 7 heteroatoms. The summed E-state index contributed by atoms with van der Waals surface area (Å²) in [6.45, 7) is 2.15. The summed E-state index contributed by atoms with van der Waals surface area (Å²) in [5.74, 6) is -0.518. The number of hydrogen-bond donors (Lipinski definition) is 2. The van der Waals surface area contributed by atoms with Crippen molar-refractivity contribution in [2.45, 2.75) is 12.5 Å². The summed E-state index contributed by atoms with van der Waals surface area (Å²) in [7, 11) is 0. The van der Waals surface area contributed by atoms with Gasteiger partial charge in [0.1, 0.15) is 5.82 Å². The largest absolute Gasteiger partial charge is 0.351 e. The predicted octanol–water partition coefficient (Wildman–Crippen LogP) is 2.18. The van der Waals surface area contributed by atoms with Crippen molar-refractivity contribution in [2.75, 3.05) is 26.2 Å². The first-order chi connectivity index (χ1) is 12.1. The van der Waals surface area contributed by atoms with E-state index in [1.165, 1.54) is 23.5 Å². The molecule has 1 fully saturated rings. The lowest BCUT2D eigenvalue weighted by Crippen LogP contribution is -2.49. The minimum absolute atomic E-state index is 0.0404. The molecule has 0 saturated carbocycles. The second-order valence-electron chi connectivity index (χ2n) is 5.88. The van der Waals surface area contributed by atoms with Crippen LogP contribution in [-0.4, -0.2) is 42.9 Å². The number of nitrogens with one attached hydrogen (secondary N) is 2. The maximum absolute atomic E-state index is 13.5. The number of carbonyl (C=O) groups is 2. The Kier molecular flexibility index (Phi) is 5.78. The van der Waals surface area contributed by atoms with E-state index in [0.717, 1.165) is 5.56 Å². The highest BCUT2D eigenvalue weighted by Crippen LogP contribution is 2.23. The van der Waals surface area contributed by atoms with Crippen LogP contribution in [0.25, 0.3) is 0 Å². The Morgan fingerprint density at radius 2 is 2.24 bits per heavy atom. The molecule has 0 aliphatic carbocycles. The quantitative estimate of drug-likeness (QED) is 0.858. The molecular formula is C18H20FN3O2S. The van der Waals surface area contributed by atoms with Gasteiger partial charge in [0.05, 0.1) is 6.04 Å². The Labute approximate surface area is 149 Å². The third kappa shape index (κ3) is 4.43. The molecule has 1 saturated heterocycles. The number of carbonyl (C=O) groups excluding carboxylic acids is 2. The van der Waals surface area contributed by atoms with Gasteiger partial charge in [0.2, 0.25) is 5.91 Å². The second-order valence-corrected chi connectivity index (χ2v) is 6.66. The summed E-state index contributed by atoms with van der Waals surface area (Å²) in [5.41, 5.74) is 1.39. The molecule has 0 bridgehead atoms. The lowest BCUT2D eigenvalue weighted by Gasteiger charge is -2.36. The van der Waals surface area contributed by atoms with Gasteiger partial charge in [-0.3, -0.25) is 9.59 Å². The molecule has 2 heterocycles. The number of piperazine rings is 1. The van der Waals surface area contributed by atoms with Gasteiger partial charge in [0, 0.05) is 43.5 Å². The van der Waals surface area contributed by atoms with Gasteiger partial charge < -0.3 is 15.5 Å². The molecule has 1 aliphatic rings. The first-order valence-electron chi connectivity index (χ1n) is 8.21. The van der Waals surface area contributed by atoms with Gasteiger partial charge in [0.15, 0.2) is 0 Å². The molecule has 1 aromatic heterocycles. The van der Waals surface area contributed by atoms with Crippen LogP contribution in [0.2, 0.25) is 0 Å². The predicted molar refractivity (Wildman–Crippen MR) is 95.0 cm³/mol. The summed E-state index contributed by atoms with van der Waals surface area (Å²) >= 11 is 1.46. The molecule has 0 radical (unpaired) electrons. The van der Waals surface area contributed by atoms with Crippen LogP contribution in [0, 0.1) is 5.82 Å². The van der Waals surface area contributed by atoms with E-state index in [0.29, 0.717) is 25.2 Å². The highest BCUT2D eigenvalue weighted by molar-refractivity contribution is 7.08. The van der Waals surface area contributed by atoms with E-state index in [1.54, 1.807) is 22.4 Å². The minimum atomic E-state index is -0.307. The van der Waals surface area contributed by atoms with E-state index >= 15 is 0 Å². The van der Waals surface area contributed by atoms with Crippen molar-refractivity contribution < 1.29 is 14.0 Å². The van der Waals surface area contributed by atoms with E-state index in [1.807, 2.05) is 11.4 Å². The summed E-state index contributed by atoms with van der Waals surface area (Å²) in [6.07, 6.45) is 0.224. The topological polar surface area (TPSA) is 61.4 Å². The highest BCUT2D eigenvalue weighted by atomic mass is 32.1. The Morgan fingerprint density at radius 1 is 1.36 bits per heavy atom. The Morgan fingerprint density at radius 3 is 3.00 bits per heavy atom. The van der Waals surface area contributed by atoms with Crippen LogP contribution in [-0.2, 0) is 4.79 Å². The Bertz CT molecular complexity index is 736. The summed E-state index contributed by atoms with van der Waals surface area (Å²) in [5, 5.41) is 9.62. The zero-order chi connectivity index (χ0) is 17.6. The average molecular weight is 361 g/mol. The minimum Gasteiger partial charge on any atom is -0.351 e. The molecule has 132 valence electrons. The number of thiophene rings is 1. The van der Waals surface area contributed by atoms with E-state index in [4.69, 9.17) is 0 Å². The molecule has 1 atom stereocenters. The van der Waals surface area contributed by atoms with E-state index in [9.17, 15) is 14.0 Å². The summed E-state index contributed by atoms with van der Waals surface area (Å²) in [4.78, 5) is 26.3. The lowest BCUT2D eigenvalue weighted by molar-refractivity contribution is -0.134.